The van der Waals surface area contributed by atoms with Crippen molar-refractivity contribution in [1.82, 2.24) is 9.88 Å². The van der Waals surface area contributed by atoms with Gasteiger partial charge in [-0.1, -0.05) is 12.1 Å². The number of likely N-dealkylation sites (tertiary alicyclic amines) is 1. The number of piperidine rings is 1. The van der Waals surface area contributed by atoms with Crippen molar-refractivity contribution in [2.75, 3.05) is 37.6 Å². The van der Waals surface area contributed by atoms with Gasteiger partial charge in [0.15, 0.2) is 5.58 Å². The van der Waals surface area contributed by atoms with Crippen molar-refractivity contribution in [1.29, 1.82) is 0 Å². The molecule has 2 aliphatic rings. The van der Waals surface area contributed by atoms with Gasteiger partial charge in [0.25, 0.3) is 6.01 Å². The fraction of sp³-hybridized carbons (Fsp3) is 0.556. The third kappa shape index (κ3) is 2.86. The maximum absolute atomic E-state index is 12.7. The largest absolute Gasteiger partial charge is 0.423 e. The molecule has 1 unspecified atom stereocenters. The minimum Gasteiger partial charge on any atom is -0.423 e. The number of benzene rings is 1. The quantitative estimate of drug-likeness (QED) is 0.930. The summed E-state index contributed by atoms with van der Waals surface area (Å²) < 4.78 is 5.84. The van der Waals surface area contributed by atoms with Crippen LogP contribution in [0.2, 0.25) is 0 Å². The molecule has 3 heterocycles. The number of nitrogens with zero attached hydrogens (tertiary/aromatic N) is 3. The van der Waals surface area contributed by atoms with Gasteiger partial charge in [0, 0.05) is 32.1 Å². The molecule has 0 saturated carbocycles. The van der Waals surface area contributed by atoms with E-state index >= 15 is 0 Å². The first-order chi connectivity index (χ1) is 11.7. The lowest BCUT2D eigenvalue weighted by Crippen LogP contribution is -2.42. The zero-order valence-electron chi connectivity index (χ0n) is 13.9. The van der Waals surface area contributed by atoms with E-state index in [0.29, 0.717) is 24.4 Å². The number of rotatable bonds is 3. The Morgan fingerprint density at radius 1 is 1.21 bits per heavy atom. The van der Waals surface area contributed by atoms with Crippen molar-refractivity contribution in [3.05, 3.63) is 24.3 Å². The number of fused-ring (bicyclic) bond motifs is 1. The Bertz CT molecular complexity index is 688. The van der Waals surface area contributed by atoms with E-state index in [1.54, 1.807) is 0 Å². The van der Waals surface area contributed by atoms with Crippen LogP contribution in [0.15, 0.2) is 28.7 Å². The number of oxazole rings is 1. The topological polar surface area (TPSA) is 75.6 Å². The average molecular weight is 328 g/mol. The number of hydrogen-bond donors (Lipinski definition) is 1. The minimum atomic E-state index is 0.127. The van der Waals surface area contributed by atoms with Crippen molar-refractivity contribution >= 4 is 23.0 Å². The van der Waals surface area contributed by atoms with Crippen molar-refractivity contribution in [3.8, 4) is 0 Å². The summed E-state index contributed by atoms with van der Waals surface area (Å²) in [7, 11) is 0. The third-order valence-electron chi connectivity index (χ3n) is 5.33. The highest BCUT2D eigenvalue weighted by Crippen LogP contribution is 2.28. The normalized spacial score (nSPS) is 22.5. The monoisotopic (exact) mass is 328 g/mol. The van der Waals surface area contributed by atoms with Crippen LogP contribution >= 0.6 is 0 Å². The van der Waals surface area contributed by atoms with Gasteiger partial charge in [0.1, 0.15) is 5.52 Å². The van der Waals surface area contributed by atoms with Gasteiger partial charge in [0.05, 0.1) is 0 Å². The van der Waals surface area contributed by atoms with E-state index in [2.05, 4.69) is 9.88 Å². The molecule has 1 atom stereocenters. The second-order valence-corrected chi connectivity index (χ2v) is 6.90. The molecule has 0 radical (unpaired) electrons. The third-order valence-corrected chi connectivity index (χ3v) is 5.33. The van der Waals surface area contributed by atoms with Crippen molar-refractivity contribution < 1.29 is 9.21 Å². The Hall–Kier alpha value is -2.08. The molecule has 2 fully saturated rings. The summed E-state index contributed by atoms with van der Waals surface area (Å²) in [5.41, 5.74) is 7.43. The number of nitrogens with two attached hydrogens (primary N) is 1. The van der Waals surface area contributed by atoms with Crippen LogP contribution in [0.25, 0.3) is 11.1 Å². The van der Waals surface area contributed by atoms with Crippen molar-refractivity contribution in [3.63, 3.8) is 0 Å². The predicted molar refractivity (Wildman–Crippen MR) is 92.7 cm³/mol. The lowest BCUT2D eigenvalue weighted by atomic mass is 9.95. The average Bonchev–Trinajstić information content (AvgIpc) is 3.28. The highest BCUT2D eigenvalue weighted by Gasteiger charge is 2.33. The van der Waals surface area contributed by atoms with Gasteiger partial charge < -0.3 is 20.0 Å². The van der Waals surface area contributed by atoms with Crippen molar-refractivity contribution in [2.45, 2.75) is 19.3 Å². The molecule has 24 heavy (non-hydrogen) atoms. The summed E-state index contributed by atoms with van der Waals surface area (Å²) in [6.07, 6.45) is 2.77. The second kappa shape index (κ2) is 6.43. The van der Waals surface area contributed by atoms with Crippen LogP contribution in [0.5, 0.6) is 0 Å². The Morgan fingerprint density at radius 3 is 2.71 bits per heavy atom. The summed E-state index contributed by atoms with van der Waals surface area (Å²) >= 11 is 0. The van der Waals surface area contributed by atoms with Crippen LogP contribution in [0.3, 0.4) is 0 Å². The van der Waals surface area contributed by atoms with Gasteiger partial charge >= 0.3 is 0 Å². The molecule has 0 spiro atoms. The Kier molecular flexibility index (Phi) is 4.14. The molecule has 6 nitrogen and oxygen atoms in total. The van der Waals surface area contributed by atoms with E-state index in [0.717, 1.165) is 56.5 Å². The van der Waals surface area contributed by atoms with Gasteiger partial charge in [-0.25, -0.2) is 0 Å². The number of para-hydroxylation sites is 2. The molecule has 6 heteroatoms. The number of amides is 1. The summed E-state index contributed by atoms with van der Waals surface area (Å²) in [4.78, 5) is 21.4. The lowest BCUT2D eigenvalue weighted by molar-refractivity contribution is -0.135. The molecule has 1 aromatic carbocycles. The molecule has 2 aliphatic heterocycles. The van der Waals surface area contributed by atoms with Gasteiger partial charge in [0.2, 0.25) is 5.91 Å². The first-order valence-electron chi connectivity index (χ1n) is 8.84. The molecular formula is C18H24N4O2. The van der Waals surface area contributed by atoms with E-state index in [1.165, 1.54) is 0 Å². The van der Waals surface area contributed by atoms with E-state index in [9.17, 15) is 4.79 Å². The van der Waals surface area contributed by atoms with Gasteiger partial charge in [-0.15, -0.1) is 0 Å². The number of carbonyl (C=O) groups is 1. The Labute approximate surface area is 141 Å². The molecule has 0 aliphatic carbocycles. The van der Waals surface area contributed by atoms with Crippen LogP contribution in [-0.2, 0) is 4.79 Å². The van der Waals surface area contributed by atoms with Crippen LogP contribution in [-0.4, -0.2) is 48.5 Å². The lowest BCUT2D eigenvalue weighted by Gasteiger charge is -2.32. The van der Waals surface area contributed by atoms with Crippen LogP contribution in [0.4, 0.5) is 6.01 Å². The molecule has 0 bridgehead atoms. The second-order valence-electron chi connectivity index (χ2n) is 6.90. The zero-order chi connectivity index (χ0) is 16.5. The fourth-order valence-corrected chi connectivity index (χ4v) is 3.80. The summed E-state index contributed by atoms with van der Waals surface area (Å²) in [5, 5.41) is 0. The van der Waals surface area contributed by atoms with Crippen LogP contribution in [0, 0.1) is 11.8 Å². The molecule has 1 amide bonds. The standard InChI is InChI=1S/C18H24N4O2/c19-11-13-5-8-22(12-13)17(23)14-6-9-21(10-7-14)18-20-15-3-1-2-4-16(15)24-18/h1-4,13-14H,5-12,19H2. The van der Waals surface area contributed by atoms with E-state index < -0.39 is 0 Å². The summed E-state index contributed by atoms with van der Waals surface area (Å²) in [6, 6.07) is 8.48. The van der Waals surface area contributed by atoms with Gasteiger partial charge in [-0.3, -0.25) is 4.79 Å². The summed E-state index contributed by atoms with van der Waals surface area (Å²) in [6.45, 7) is 4.02. The Balaban J connectivity index is 1.37. The molecule has 2 aromatic rings. The molecule has 1 aromatic heterocycles. The maximum atomic E-state index is 12.7. The first-order valence-corrected chi connectivity index (χ1v) is 8.84. The molecule has 2 N–H and O–H groups in total. The predicted octanol–water partition coefficient (Wildman–Crippen LogP) is 1.85. The maximum Gasteiger partial charge on any atom is 0.298 e. The fourth-order valence-electron chi connectivity index (χ4n) is 3.80. The van der Waals surface area contributed by atoms with E-state index in [-0.39, 0.29) is 5.92 Å². The van der Waals surface area contributed by atoms with Crippen LogP contribution < -0.4 is 10.6 Å². The van der Waals surface area contributed by atoms with Crippen molar-refractivity contribution in [2.24, 2.45) is 17.6 Å². The summed E-state index contributed by atoms with van der Waals surface area (Å²) in [5.74, 6) is 0.916. The first kappa shape index (κ1) is 15.4. The molecule has 128 valence electrons. The zero-order valence-corrected chi connectivity index (χ0v) is 13.9. The SMILES string of the molecule is NCC1CCN(C(=O)C2CCN(c3nc4ccccc4o3)CC2)C1. The smallest absolute Gasteiger partial charge is 0.298 e. The molecular weight excluding hydrogens is 304 g/mol. The van der Waals surface area contributed by atoms with Gasteiger partial charge in [-0.05, 0) is 43.9 Å². The number of hydrogen-bond acceptors (Lipinski definition) is 5. The highest BCUT2D eigenvalue weighted by atomic mass is 16.4. The molecule has 2 saturated heterocycles. The van der Waals surface area contributed by atoms with Crippen LogP contribution in [0.1, 0.15) is 19.3 Å². The highest BCUT2D eigenvalue weighted by molar-refractivity contribution is 5.79. The minimum absolute atomic E-state index is 0.127. The van der Waals surface area contributed by atoms with Gasteiger partial charge in [-0.2, -0.15) is 4.98 Å². The van der Waals surface area contributed by atoms with E-state index in [4.69, 9.17) is 10.2 Å². The number of anilines is 1. The number of carbonyl (C=O) groups excluding carboxylic acids is 1. The molecule has 4 rings (SSSR count). The van der Waals surface area contributed by atoms with E-state index in [1.807, 2.05) is 29.2 Å². The Morgan fingerprint density at radius 2 is 2.00 bits per heavy atom. The number of aromatic nitrogens is 1.